The fourth-order valence-electron chi connectivity index (χ4n) is 3.32. The third-order valence-corrected chi connectivity index (χ3v) is 4.78. The van der Waals surface area contributed by atoms with Crippen molar-refractivity contribution >= 4 is 23.3 Å². The molecule has 0 saturated carbocycles. The molecular weight excluding hydrogens is 344 g/mol. The summed E-state index contributed by atoms with van der Waals surface area (Å²) in [7, 11) is 1.56. The summed E-state index contributed by atoms with van der Waals surface area (Å²) in [5.74, 6) is -0.618. The second-order valence-electron chi connectivity index (χ2n) is 6.62. The van der Waals surface area contributed by atoms with Gasteiger partial charge in [0.1, 0.15) is 5.75 Å². The molecule has 0 aromatic heterocycles. The molecule has 2 aromatic carbocycles. The quantitative estimate of drug-likeness (QED) is 0.833. The van der Waals surface area contributed by atoms with Gasteiger partial charge in [-0.1, -0.05) is 12.8 Å². The van der Waals surface area contributed by atoms with E-state index in [0.29, 0.717) is 22.7 Å². The second-order valence-corrected chi connectivity index (χ2v) is 6.62. The molecule has 1 aliphatic rings. The zero-order valence-electron chi connectivity index (χ0n) is 15.4. The molecule has 6 heteroatoms. The van der Waals surface area contributed by atoms with Gasteiger partial charge in [-0.2, -0.15) is 0 Å². The Kier molecular flexibility index (Phi) is 5.96. The van der Waals surface area contributed by atoms with Crippen LogP contribution in [0.25, 0.3) is 0 Å². The van der Waals surface area contributed by atoms with Crippen LogP contribution >= 0.6 is 0 Å². The van der Waals surface area contributed by atoms with Crippen LogP contribution in [-0.2, 0) is 0 Å². The summed E-state index contributed by atoms with van der Waals surface area (Å²) in [6, 6.07) is 11.8. The molecule has 0 aliphatic carbocycles. The largest absolute Gasteiger partial charge is 0.497 e. The van der Waals surface area contributed by atoms with E-state index in [0.717, 1.165) is 25.9 Å². The van der Waals surface area contributed by atoms with E-state index in [9.17, 15) is 14.7 Å². The normalized spacial score (nSPS) is 14.3. The Morgan fingerprint density at radius 2 is 1.67 bits per heavy atom. The Hall–Kier alpha value is -3.02. The van der Waals surface area contributed by atoms with Gasteiger partial charge in [0.15, 0.2) is 0 Å². The summed E-state index contributed by atoms with van der Waals surface area (Å²) < 4.78 is 5.09. The third kappa shape index (κ3) is 4.58. The highest BCUT2D eigenvalue weighted by molar-refractivity contribution is 6.05. The zero-order valence-corrected chi connectivity index (χ0v) is 15.4. The van der Waals surface area contributed by atoms with Crippen LogP contribution in [-0.4, -0.2) is 37.2 Å². The molecule has 3 rings (SSSR count). The Balaban J connectivity index is 1.80. The van der Waals surface area contributed by atoms with Crippen molar-refractivity contribution in [2.24, 2.45) is 0 Å². The number of rotatable bonds is 5. The van der Waals surface area contributed by atoms with E-state index in [2.05, 4.69) is 10.2 Å². The molecule has 6 nitrogen and oxygen atoms in total. The first-order valence-corrected chi connectivity index (χ1v) is 9.16. The van der Waals surface area contributed by atoms with E-state index in [1.54, 1.807) is 43.5 Å². The van der Waals surface area contributed by atoms with Crippen molar-refractivity contribution in [2.75, 3.05) is 30.4 Å². The number of carbonyl (C=O) groups is 2. The number of carboxylic acids is 1. The number of amides is 1. The van der Waals surface area contributed by atoms with Crippen LogP contribution in [0.2, 0.25) is 0 Å². The van der Waals surface area contributed by atoms with Gasteiger partial charge in [-0.05, 0) is 55.3 Å². The molecule has 0 unspecified atom stereocenters. The summed E-state index contributed by atoms with van der Waals surface area (Å²) in [4.78, 5) is 26.3. The summed E-state index contributed by atoms with van der Waals surface area (Å²) in [6.07, 6.45) is 4.48. The Labute approximate surface area is 158 Å². The van der Waals surface area contributed by atoms with Crippen LogP contribution in [0.5, 0.6) is 5.75 Å². The van der Waals surface area contributed by atoms with Crippen molar-refractivity contribution in [3.63, 3.8) is 0 Å². The first-order valence-electron chi connectivity index (χ1n) is 9.16. The fourth-order valence-corrected chi connectivity index (χ4v) is 3.32. The lowest BCUT2D eigenvalue weighted by Crippen LogP contribution is -2.26. The predicted molar refractivity (Wildman–Crippen MR) is 105 cm³/mol. The molecule has 0 atom stereocenters. The molecule has 1 fully saturated rings. The number of nitrogens with one attached hydrogen (secondary N) is 1. The van der Waals surface area contributed by atoms with Crippen LogP contribution in [0.1, 0.15) is 46.4 Å². The highest BCUT2D eigenvalue weighted by Crippen LogP contribution is 2.27. The first-order chi connectivity index (χ1) is 13.1. The number of carbonyl (C=O) groups excluding carboxylic acids is 1. The zero-order chi connectivity index (χ0) is 19.2. The number of anilines is 2. The van der Waals surface area contributed by atoms with Gasteiger partial charge < -0.3 is 20.1 Å². The first kappa shape index (κ1) is 18.8. The number of aromatic carboxylic acids is 1. The van der Waals surface area contributed by atoms with Crippen molar-refractivity contribution in [1.82, 2.24) is 0 Å². The van der Waals surface area contributed by atoms with Gasteiger partial charge in [0.25, 0.3) is 5.91 Å². The van der Waals surface area contributed by atoms with Gasteiger partial charge in [-0.25, -0.2) is 4.79 Å². The molecule has 0 spiro atoms. The van der Waals surface area contributed by atoms with Crippen LogP contribution in [0, 0.1) is 0 Å². The molecule has 27 heavy (non-hydrogen) atoms. The SMILES string of the molecule is COc1ccc(C(=O)Nc2ccc(N3CCCCCC3)c(C(=O)O)c2)cc1. The van der Waals surface area contributed by atoms with Crippen LogP contribution in [0.15, 0.2) is 42.5 Å². The molecule has 1 saturated heterocycles. The minimum absolute atomic E-state index is 0.212. The fraction of sp³-hybridized carbons (Fsp3) is 0.333. The molecule has 2 aromatic rings. The van der Waals surface area contributed by atoms with Crippen LogP contribution in [0.3, 0.4) is 0 Å². The number of hydrogen-bond donors (Lipinski definition) is 2. The third-order valence-electron chi connectivity index (χ3n) is 4.78. The van der Waals surface area contributed by atoms with Gasteiger partial charge in [0, 0.05) is 24.3 Å². The average Bonchev–Trinajstić information content (AvgIpc) is 2.97. The lowest BCUT2D eigenvalue weighted by Gasteiger charge is -2.24. The van der Waals surface area contributed by atoms with Gasteiger partial charge in [-0.15, -0.1) is 0 Å². The van der Waals surface area contributed by atoms with Crippen molar-refractivity contribution < 1.29 is 19.4 Å². The summed E-state index contributed by atoms with van der Waals surface area (Å²) >= 11 is 0. The lowest BCUT2D eigenvalue weighted by molar-refractivity contribution is 0.0697. The average molecular weight is 368 g/mol. The van der Waals surface area contributed by atoms with E-state index in [4.69, 9.17) is 4.74 Å². The topological polar surface area (TPSA) is 78.9 Å². The number of methoxy groups -OCH3 is 1. The molecule has 1 amide bonds. The van der Waals surface area contributed by atoms with Crippen molar-refractivity contribution in [1.29, 1.82) is 0 Å². The van der Waals surface area contributed by atoms with E-state index in [1.807, 2.05) is 0 Å². The standard InChI is InChI=1S/C21H24N2O4/c1-27-17-9-6-15(7-10-17)20(24)22-16-8-11-19(18(14-16)21(25)26)23-12-4-2-3-5-13-23/h6-11,14H,2-5,12-13H2,1H3,(H,22,24)(H,25,26). The van der Waals surface area contributed by atoms with Crippen molar-refractivity contribution in [2.45, 2.75) is 25.7 Å². The molecular formula is C21H24N2O4. The minimum atomic E-state index is -0.991. The van der Waals surface area contributed by atoms with Crippen LogP contribution in [0.4, 0.5) is 11.4 Å². The lowest BCUT2D eigenvalue weighted by atomic mass is 10.1. The smallest absolute Gasteiger partial charge is 0.337 e. The highest BCUT2D eigenvalue weighted by atomic mass is 16.5. The second kappa shape index (κ2) is 8.58. The number of carboxylic acid groups (broad SMARTS) is 1. The highest BCUT2D eigenvalue weighted by Gasteiger charge is 2.18. The van der Waals surface area contributed by atoms with Gasteiger partial charge in [-0.3, -0.25) is 4.79 Å². The molecule has 1 heterocycles. The molecule has 0 bridgehead atoms. The van der Waals surface area contributed by atoms with Gasteiger partial charge in [0.05, 0.1) is 18.4 Å². The molecule has 142 valence electrons. The van der Waals surface area contributed by atoms with E-state index in [-0.39, 0.29) is 11.5 Å². The Morgan fingerprint density at radius 3 is 2.26 bits per heavy atom. The van der Waals surface area contributed by atoms with Crippen molar-refractivity contribution in [3.05, 3.63) is 53.6 Å². The maximum atomic E-state index is 12.4. The molecule has 2 N–H and O–H groups in total. The molecule has 0 radical (unpaired) electrons. The van der Waals surface area contributed by atoms with Crippen LogP contribution < -0.4 is 15.0 Å². The number of ether oxygens (including phenoxy) is 1. The van der Waals surface area contributed by atoms with E-state index in [1.165, 1.54) is 18.9 Å². The van der Waals surface area contributed by atoms with Gasteiger partial charge in [0.2, 0.25) is 0 Å². The molecule has 1 aliphatic heterocycles. The van der Waals surface area contributed by atoms with E-state index >= 15 is 0 Å². The number of nitrogens with zero attached hydrogens (tertiary/aromatic N) is 1. The minimum Gasteiger partial charge on any atom is -0.497 e. The maximum absolute atomic E-state index is 12.4. The van der Waals surface area contributed by atoms with E-state index < -0.39 is 5.97 Å². The summed E-state index contributed by atoms with van der Waals surface area (Å²) in [6.45, 7) is 1.72. The van der Waals surface area contributed by atoms with Gasteiger partial charge >= 0.3 is 5.97 Å². The maximum Gasteiger partial charge on any atom is 0.337 e. The monoisotopic (exact) mass is 368 g/mol. The van der Waals surface area contributed by atoms with Crippen molar-refractivity contribution in [3.8, 4) is 5.75 Å². The summed E-state index contributed by atoms with van der Waals surface area (Å²) in [5.41, 5.74) is 1.87. The Bertz CT molecular complexity index is 809. The summed E-state index contributed by atoms with van der Waals surface area (Å²) in [5, 5.41) is 12.4. The number of hydrogen-bond acceptors (Lipinski definition) is 4. The Morgan fingerprint density at radius 1 is 1.00 bits per heavy atom. The predicted octanol–water partition coefficient (Wildman–Crippen LogP) is 4.03. The number of benzene rings is 2.